The van der Waals surface area contributed by atoms with Crippen LogP contribution in [0.25, 0.3) is 11.0 Å². The average Bonchev–Trinajstić information content (AvgIpc) is 3.26. The number of ether oxygens (including phenoxy) is 1. The summed E-state index contributed by atoms with van der Waals surface area (Å²) in [4.78, 5) is 26.1. The summed E-state index contributed by atoms with van der Waals surface area (Å²) in [5.41, 5.74) is 2.71. The maximum atomic E-state index is 12.3. The lowest BCUT2D eigenvalue weighted by atomic mass is 10.1. The van der Waals surface area contributed by atoms with E-state index in [-0.39, 0.29) is 12.1 Å². The molecule has 1 aliphatic rings. The first-order chi connectivity index (χ1) is 13.1. The Morgan fingerprint density at radius 3 is 3.00 bits per heavy atom. The SMILES string of the molecule is CCC1COC(=O)N1c1nc(NCc2ccc(C)cc2Cl)nc2[nH]ccc12. The van der Waals surface area contributed by atoms with Gasteiger partial charge in [0.05, 0.1) is 11.4 Å². The molecule has 8 heteroatoms. The van der Waals surface area contributed by atoms with Crippen LogP contribution in [0.2, 0.25) is 5.02 Å². The summed E-state index contributed by atoms with van der Waals surface area (Å²) in [6.45, 7) is 4.87. The molecule has 0 aliphatic carbocycles. The molecule has 27 heavy (non-hydrogen) atoms. The predicted molar refractivity (Wildman–Crippen MR) is 105 cm³/mol. The van der Waals surface area contributed by atoms with Crippen LogP contribution in [0.15, 0.2) is 30.5 Å². The van der Waals surface area contributed by atoms with Crippen molar-refractivity contribution in [3.63, 3.8) is 0 Å². The molecule has 1 aromatic carbocycles. The van der Waals surface area contributed by atoms with Crippen LogP contribution in [0.5, 0.6) is 0 Å². The topological polar surface area (TPSA) is 83.1 Å². The highest BCUT2D eigenvalue weighted by Gasteiger charge is 2.35. The van der Waals surface area contributed by atoms with Crippen molar-refractivity contribution in [2.45, 2.75) is 32.9 Å². The second-order valence-electron chi connectivity index (χ2n) is 6.57. The van der Waals surface area contributed by atoms with Crippen LogP contribution in [-0.4, -0.2) is 33.7 Å². The number of carbonyl (C=O) groups excluding carboxylic acids is 1. The fraction of sp³-hybridized carbons (Fsp3) is 0.316. The number of aromatic amines is 1. The van der Waals surface area contributed by atoms with Gasteiger partial charge in [0.2, 0.25) is 5.95 Å². The Hall–Kier alpha value is -2.80. The van der Waals surface area contributed by atoms with E-state index in [1.807, 2.05) is 38.1 Å². The summed E-state index contributed by atoms with van der Waals surface area (Å²) in [5, 5.41) is 4.69. The number of nitrogens with zero attached hydrogens (tertiary/aromatic N) is 3. The average molecular weight is 386 g/mol. The van der Waals surface area contributed by atoms with Gasteiger partial charge in [-0.05, 0) is 36.6 Å². The number of hydrogen-bond acceptors (Lipinski definition) is 5. The van der Waals surface area contributed by atoms with Crippen LogP contribution in [0.1, 0.15) is 24.5 Å². The van der Waals surface area contributed by atoms with Crippen molar-refractivity contribution in [1.82, 2.24) is 15.0 Å². The van der Waals surface area contributed by atoms with Gasteiger partial charge in [0.1, 0.15) is 12.3 Å². The lowest BCUT2D eigenvalue weighted by Gasteiger charge is -2.20. The summed E-state index contributed by atoms with van der Waals surface area (Å²) in [6, 6.07) is 7.73. The van der Waals surface area contributed by atoms with E-state index in [0.29, 0.717) is 35.6 Å². The van der Waals surface area contributed by atoms with Crippen molar-refractivity contribution in [3.05, 3.63) is 46.6 Å². The molecule has 0 radical (unpaired) electrons. The largest absolute Gasteiger partial charge is 0.447 e. The first-order valence-electron chi connectivity index (χ1n) is 8.87. The standard InChI is InChI=1S/C19H20ClN5O2/c1-3-13-10-27-19(26)25(13)17-14-6-7-21-16(14)23-18(24-17)22-9-12-5-4-11(2)8-15(12)20/h4-8,13H,3,9-10H2,1-2H3,(H2,21,22,23,24). The van der Waals surface area contributed by atoms with Crippen LogP contribution in [0.4, 0.5) is 16.6 Å². The Labute approximate surface area is 161 Å². The zero-order chi connectivity index (χ0) is 19.0. The third-order valence-electron chi connectivity index (χ3n) is 4.70. The first kappa shape index (κ1) is 17.6. The Morgan fingerprint density at radius 1 is 1.37 bits per heavy atom. The molecule has 1 aliphatic heterocycles. The van der Waals surface area contributed by atoms with Crippen molar-refractivity contribution in [2.75, 3.05) is 16.8 Å². The van der Waals surface area contributed by atoms with Crippen molar-refractivity contribution >= 4 is 40.5 Å². The molecule has 3 aromatic rings. The molecule has 1 saturated heterocycles. The van der Waals surface area contributed by atoms with Crippen LogP contribution in [-0.2, 0) is 11.3 Å². The zero-order valence-electron chi connectivity index (χ0n) is 15.1. The normalized spacial score (nSPS) is 16.8. The van der Waals surface area contributed by atoms with Gasteiger partial charge in [0, 0.05) is 17.8 Å². The summed E-state index contributed by atoms with van der Waals surface area (Å²) < 4.78 is 5.22. The van der Waals surface area contributed by atoms with Gasteiger partial charge < -0.3 is 15.0 Å². The number of H-pyrrole nitrogens is 1. The number of rotatable bonds is 5. The number of anilines is 2. The molecule has 2 aromatic heterocycles. The number of halogens is 1. The van der Waals surface area contributed by atoms with Gasteiger partial charge >= 0.3 is 6.09 Å². The smallest absolute Gasteiger partial charge is 0.415 e. The number of fused-ring (bicyclic) bond motifs is 1. The Morgan fingerprint density at radius 2 is 2.22 bits per heavy atom. The summed E-state index contributed by atoms with van der Waals surface area (Å²) in [7, 11) is 0. The van der Waals surface area contributed by atoms with Crippen LogP contribution >= 0.6 is 11.6 Å². The minimum atomic E-state index is -0.379. The maximum absolute atomic E-state index is 12.3. The van der Waals surface area contributed by atoms with Gasteiger partial charge in [-0.1, -0.05) is 30.7 Å². The second kappa shape index (κ2) is 7.08. The molecule has 2 N–H and O–H groups in total. The number of carbonyl (C=O) groups is 1. The number of aromatic nitrogens is 3. The van der Waals surface area contributed by atoms with Gasteiger partial charge in [0.25, 0.3) is 0 Å². The minimum Gasteiger partial charge on any atom is -0.447 e. The first-order valence-corrected chi connectivity index (χ1v) is 9.24. The van der Waals surface area contributed by atoms with E-state index in [9.17, 15) is 4.79 Å². The number of amides is 1. The van der Waals surface area contributed by atoms with Crippen molar-refractivity contribution in [3.8, 4) is 0 Å². The second-order valence-corrected chi connectivity index (χ2v) is 6.98. The Bertz CT molecular complexity index is 1000. The van der Waals surface area contributed by atoms with E-state index < -0.39 is 0 Å². The molecule has 140 valence electrons. The molecule has 3 heterocycles. The monoisotopic (exact) mass is 385 g/mol. The maximum Gasteiger partial charge on any atom is 0.415 e. The number of benzene rings is 1. The third-order valence-corrected chi connectivity index (χ3v) is 5.05. The molecule has 0 saturated carbocycles. The zero-order valence-corrected chi connectivity index (χ0v) is 15.9. The van der Waals surface area contributed by atoms with Gasteiger partial charge in [-0.15, -0.1) is 0 Å². The van der Waals surface area contributed by atoms with Gasteiger partial charge in [-0.3, -0.25) is 4.90 Å². The summed E-state index contributed by atoms with van der Waals surface area (Å²) in [5.74, 6) is 0.972. The summed E-state index contributed by atoms with van der Waals surface area (Å²) in [6.07, 6.45) is 2.19. The van der Waals surface area contributed by atoms with E-state index in [1.165, 1.54) is 0 Å². The molecular formula is C19H20ClN5O2. The van der Waals surface area contributed by atoms with Crippen molar-refractivity contribution in [2.24, 2.45) is 0 Å². The predicted octanol–water partition coefficient (Wildman–Crippen LogP) is 4.27. The lowest BCUT2D eigenvalue weighted by Crippen LogP contribution is -2.34. The molecule has 1 unspecified atom stereocenters. The molecular weight excluding hydrogens is 366 g/mol. The van der Waals surface area contributed by atoms with Crippen LogP contribution < -0.4 is 10.2 Å². The molecule has 0 bridgehead atoms. The lowest BCUT2D eigenvalue weighted by molar-refractivity contribution is 0.178. The van der Waals surface area contributed by atoms with Crippen LogP contribution in [0.3, 0.4) is 0 Å². The highest BCUT2D eigenvalue weighted by molar-refractivity contribution is 6.31. The minimum absolute atomic E-state index is 0.0371. The van der Waals surface area contributed by atoms with Crippen molar-refractivity contribution < 1.29 is 9.53 Å². The molecule has 4 rings (SSSR count). The quantitative estimate of drug-likeness (QED) is 0.685. The highest BCUT2D eigenvalue weighted by atomic mass is 35.5. The van der Waals surface area contributed by atoms with Gasteiger partial charge in [-0.2, -0.15) is 9.97 Å². The van der Waals surface area contributed by atoms with E-state index >= 15 is 0 Å². The Kier molecular flexibility index (Phi) is 4.61. The fourth-order valence-corrected chi connectivity index (χ4v) is 3.48. The van der Waals surface area contributed by atoms with E-state index in [1.54, 1.807) is 11.1 Å². The van der Waals surface area contributed by atoms with Gasteiger partial charge in [-0.25, -0.2) is 4.79 Å². The highest BCUT2D eigenvalue weighted by Crippen LogP contribution is 2.30. The number of aryl methyl sites for hydroxylation is 1. The van der Waals surface area contributed by atoms with E-state index in [4.69, 9.17) is 16.3 Å². The molecule has 0 spiro atoms. The number of nitrogens with one attached hydrogen (secondary N) is 2. The summed E-state index contributed by atoms with van der Waals surface area (Å²) >= 11 is 6.31. The molecule has 7 nitrogen and oxygen atoms in total. The van der Waals surface area contributed by atoms with Gasteiger partial charge in [0.15, 0.2) is 5.82 Å². The molecule has 1 fully saturated rings. The fourth-order valence-electron chi connectivity index (χ4n) is 3.18. The third kappa shape index (κ3) is 3.30. The van der Waals surface area contributed by atoms with E-state index in [2.05, 4.69) is 20.3 Å². The van der Waals surface area contributed by atoms with Crippen LogP contribution in [0, 0.1) is 6.92 Å². The Balaban J connectivity index is 1.67. The molecule has 1 amide bonds. The number of hydrogen-bond donors (Lipinski definition) is 2. The molecule has 1 atom stereocenters. The van der Waals surface area contributed by atoms with E-state index in [0.717, 1.165) is 22.9 Å². The van der Waals surface area contributed by atoms with Crippen molar-refractivity contribution in [1.29, 1.82) is 0 Å². The number of cyclic esters (lactones) is 1.